The predicted octanol–water partition coefficient (Wildman–Crippen LogP) is 3.19. The standard InChI is InChI=1S/C21H18ClN5O3S/c1-30-17-4-2-3-16(11-17)27-18(9-15-10-19(28)24-20(29)23-15)25-26-21(27)31-12-13-5-7-14(22)8-6-13/h2-8,10-11H,9,12H2,1H3,(H2,23,24,28,29). The third kappa shape index (κ3) is 5.07. The van der Waals surface area contributed by atoms with Gasteiger partial charge in [-0.05, 0) is 29.8 Å². The fourth-order valence-corrected chi connectivity index (χ4v) is 4.08. The van der Waals surface area contributed by atoms with Crippen LogP contribution in [0, 0.1) is 0 Å². The predicted molar refractivity (Wildman–Crippen MR) is 119 cm³/mol. The van der Waals surface area contributed by atoms with Gasteiger partial charge in [0, 0.05) is 35.0 Å². The highest BCUT2D eigenvalue weighted by atomic mass is 35.5. The fraction of sp³-hybridized carbons (Fsp3) is 0.143. The van der Waals surface area contributed by atoms with E-state index in [2.05, 4.69) is 20.2 Å². The van der Waals surface area contributed by atoms with Crippen molar-refractivity contribution in [2.75, 3.05) is 7.11 Å². The lowest BCUT2D eigenvalue weighted by atomic mass is 10.2. The molecule has 0 aliphatic heterocycles. The molecule has 0 unspecified atom stereocenters. The number of rotatable bonds is 7. The molecule has 31 heavy (non-hydrogen) atoms. The molecule has 0 radical (unpaired) electrons. The average molecular weight is 456 g/mol. The molecule has 4 rings (SSSR count). The smallest absolute Gasteiger partial charge is 0.325 e. The number of nitrogens with one attached hydrogen (secondary N) is 2. The van der Waals surface area contributed by atoms with Crippen molar-refractivity contribution in [3.8, 4) is 11.4 Å². The summed E-state index contributed by atoms with van der Waals surface area (Å²) in [5.41, 5.74) is 1.32. The zero-order chi connectivity index (χ0) is 21.8. The molecule has 0 saturated carbocycles. The van der Waals surface area contributed by atoms with Gasteiger partial charge in [0.15, 0.2) is 5.16 Å². The van der Waals surface area contributed by atoms with Gasteiger partial charge in [-0.25, -0.2) is 4.79 Å². The minimum atomic E-state index is -0.563. The van der Waals surface area contributed by atoms with Gasteiger partial charge in [0.2, 0.25) is 0 Å². The van der Waals surface area contributed by atoms with Crippen molar-refractivity contribution in [2.45, 2.75) is 17.3 Å². The monoisotopic (exact) mass is 455 g/mol. The largest absolute Gasteiger partial charge is 0.497 e. The third-order valence-electron chi connectivity index (χ3n) is 4.46. The van der Waals surface area contributed by atoms with Crippen molar-refractivity contribution in [1.82, 2.24) is 24.7 Å². The molecule has 2 heterocycles. The summed E-state index contributed by atoms with van der Waals surface area (Å²) in [4.78, 5) is 28.1. The summed E-state index contributed by atoms with van der Waals surface area (Å²) in [6.07, 6.45) is 0.227. The zero-order valence-corrected chi connectivity index (χ0v) is 18.0. The molecule has 10 heteroatoms. The molecule has 0 aliphatic carbocycles. The van der Waals surface area contributed by atoms with Crippen LogP contribution < -0.4 is 16.0 Å². The second kappa shape index (κ2) is 9.23. The second-order valence-corrected chi connectivity index (χ2v) is 8.02. The van der Waals surface area contributed by atoms with E-state index in [1.807, 2.05) is 53.1 Å². The summed E-state index contributed by atoms with van der Waals surface area (Å²) in [5, 5.41) is 10.0. The fourth-order valence-electron chi connectivity index (χ4n) is 3.03. The second-order valence-electron chi connectivity index (χ2n) is 6.64. The van der Waals surface area contributed by atoms with E-state index >= 15 is 0 Å². The van der Waals surface area contributed by atoms with Crippen LogP contribution in [0.1, 0.15) is 17.1 Å². The SMILES string of the molecule is COc1cccc(-n2c(Cc3cc(=O)[nH]c(=O)[nH]3)nnc2SCc2ccc(Cl)cc2)c1. The van der Waals surface area contributed by atoms with E-state index in [1.54, 1.807) is 7.11 Å². The Hall–Kier alpha value is -3.30. The van der Waals surface area contributed by atoms with Gasteiger partial charge in [-0.3, -0.25) is 14.3 Å². The van der Waals surface area contributed by atoms with Gasteiger partial charge in [0.1, 0.15) is 11.6 Å². The summed E-state index contributed by atoms with van der Waals surface area (Å²) >= 11 is 7.49. The summed E-state index contributed by atoms with van der Waals surface area (Å²) in [6.45, 7) is 0. The molecule has 0 aliphatic rings. The van der Waals surface area contributed by atoms with Crippen LogP contribution in [0.3, 0.4) is 0 Å². The molecular weight excluding hydrogens is 438 g/mol. The van der Waals surface area contributed by atoms with E-state index in [-0.39, 0.29) is 6.42 Å². The quantitative estimate of drug-likeness (QED) is 0.414. The van der Waals surface area contributed by atoms with Crippen molar-refractivity contribution in [3.05, 3.63) is 97.5 Å². The molecule has 0 spiro atoms. The molecule has 2 aromatic heterocycles. The van der Waals surface area contributed by atoms with Gasteiger partial charge in [-0.1, -0.05) is 41.6 Å². The normalized spacial score (nSPS) is 10.9. The van der Waals surface area contributed by atoms with E-state index in [9.17, 15) is 9.59 Å². The Bertz CT molecular complexity index is 1290. The van der Waals surface area contributed by atoms with Gasteiger partial charge < -0.3 is 9.72 Å². The molecule has 0 saturated heterocycles. The zero-order valence-electron chi connectivity index (χ0n) is 16.5. The number of nitrogens with zero attached hydrogens (tertiary/aromatic N) is 3. The maximum Gasteiger partial charge on any atom is 0.325 e. The highest BCUT2D eigenvalue weighted by Crippen LogP contribution is 2.28. The highest BCUT2D eigenvalue weighted by molar-refractivity contribution is 7.98. The Labute approximate surface area is 186 Å². The lowest BCUT2D eigenvalue weighted by Crippen LogP contribution is -2.23. The number of aromatic amines is 2. The third-order valence-corrected chi connectivity index (χ3v) is 5.71. The van der Waals surface area contributed by atoms with Crippen LogP contribution in [0.25, 0.3) is 5.69 Å². The Morgan fingerprint density at radius 3 is 2.61 bits per heavy atom. The van der Waals surface area contributed by atoms with Crippen LogP contribution in [0.15, 0.2) is 69.3 Å². The van der Waals surface area contributed by atoms with Crippen LogP contribution in [0.5, 0.6) is 5.75 Å². The van der Waals surface area contributed by atoms with Crippen molar-refractivity contribution in [3.63, 3.8) is 0 Å². The molecule has 0 bridgehead atoms. The van der Waals surface area contributed by atoms with Crippen LogP contribution in [0.4, 0.5) is 0 Å². The Balaban J connectivity index is 1.71. The molecule has 2 aromatic carbocycles. The van der Waals surface area contributed by atoms with Gasteiger partial charge in [0.05, 0.1) is 12.8 Å². The molecule has 8 nitrogen and oxygen atoms in total. The van der Waals surface area contributed by atoms with Gasteiger partial charge in [-0.15, -0.1) is 10.2 Å². The number of thioether (sulfide) groups is 1. The average Bonchev–Trinajstić information content (AvgIpc) is 3.15. The number of H-pyrrole nitrogens is 2. The first-order valence-electron chi connectivity index (χ1n) is 9.30. The number of aromatic nitrogens is 5. The highest BCUT2D eigenvalue weighted by Gasteiger charge is 2.16. The minimum absolute atomic E-state index is 0.227. The Morgan fingerprint density at radius 2 is 1.87 bits per heavy atom. The molecule has 0 amide bonds. The number of halogens is 1. The summed E-state index contributed by atoms with van der Waals surface area (Å²) in [5.74, 6) is 1.93. The summed E-state index contributed by atoms with van der Waals surface area (Å²) in [7, 11) is 1.60. The first-order valence-corrected chi connectivity index (χ1v) is 10.7. The van der Waals surface area contributed by atoms with Crippen LogP contribution in [-0.4, -0.2) is 31.8 Å². The topological polar surface area (TPSA) is 106 Å². The minimum Gasteiger partial charge on any atom is -0.497 e. The lowest BCUT2D eigenvalue weighted by molar-refractivity contribution is 0.414. The molecule has 0 atom stereocenters. The van der Waals surface area contributed by atoms with Gasteiger partial charge in [-0.2, -0.15) is 0 Å². The maximum atomic E-state index is 11.7. The Morgan fingerprint density at radius 1 is 1.06 bits per heavy atom. The first kappa shape index (κ1) is 21.0. The van der Waals surface area contributed by atoms with Crippen LogP contribution in [0.2, 0.25) is 5.02 Å². The number of benzene rings is 2. The molecule has 0 fully saturated rings. The van der Waals surface area contributed by atoms with E-state index < -0.39 is 11.2 Å². The summed E-state index contributed by atoms with van der Waals surface area (Å²) in [6, 6.07) is 16.5. The summed E-state index contributed by atoms with van der Waals surface area (Å²) < 4.78 is 7.25. The van der Waals surface area contributed by atoms with Crippen molar-refractivity contribution in [1.29, 1.82) is 0 Å². The number of hydrogen-bond acceptors (Lipinski definition) is 6. The first-order chi connectivity index (χ1) is 15.0. The van der Waals surface area contributed by atoms with Crippen molar-refractivity contribution in [2.24, 2.45) is 0 Å². The van der Waals surface area contributed by atoms with E-state index in [0.29, 0.717) is 33.2 Å². The Kier molecular flexibility index (Phi) is 6.24. The molecule has 4 aromatic rings. The van der Waals surface area contributed by atoms with E-state index in [1.165, 1.54) is 17.8 Å². The number of hydrogen-bond donors (Lipinski definition) is 2. The number of ether oxygens (including phenoxy) is 1. The van der Waals surface area contributed by atoms with Crippen molar-refractivity contribution < 1.29 is 4.74 Å². The molecular formula is C21H18ClN5O3S. The van der Waals surface area contributed by atoms with Crippen molar-refractivity contribution >= 4 is 23.4 Å². The molecule has 2 N–H and O–H groups in total. The van der Waals surface area contributed by atoms with Gasteiger partial charge >= 0.3 is 5.69 Å². The van der Waals surface area contributed by atoms with E-state index in [0.717, 1.165) is 11.3 Å². The van der Waals surface area contributed by atoms with Gasteiger partial charge in [0.25, 0.3) is 5.56 Å². The van der Waals surface area contributed by atoms with E-state index in [4.69, 9.17) is 16.3 Å². The van der Waals surface area contributed by atoms with Crippen LogP contribution in [-0.2, 0) is 12.2 Å². The maximum absolute atomic E-state index is 11.7. The van der Waals surface area contributed by atoms with Crippen LogP contribution >= 0.6 is 23.4 Å². The lowest BCUT2D eigenvalue weighted by Gasteiger charge is -2.11. The molecule has 158 valence electrons. The number of methoxy groups -OCH3 is 1.